The number of hydrogen-bond acceptors (Lipinski definition) is 14. The van der Waals surface area contributed by atoms with Gasteiger partial charge in [-0.2, -0.15) is 15.1 Å². The summed E-state index contributed by atoms with van der Waals surface area (Å²) >= 11 is 0. The van der Waals surface area contributed by atoms with Gasteiger partial charge in [-0.15, -0.1) is 13.2 Å². The van der Waals surface area contributed by atoms with Crippen LogP contribution >= 0.6 is 7.75 Å². The number of fused-ring (bicyclic) bond motifs is 1. The molecular weight excluding hydrogens is 659 g/mol. The summed E-state index contributed by atoms with van der Waals surface area (Å²) in [5.41, 5.74) is 6.04. The minimum atomic E-state index is -4.36. The standard InChI is InChI=1S/C32H45N6O10P/c1-7-9-16-44-28-25-27(35-31(33)36-28)38(19-34-25)30-32(6,41)26(39)24(47-30)18-46-49(42,48-23-13-10-12-20(3)21(23)4)37-22(5)29(40)45-17-11-15-43-14-8-2/h7-8,10,12-13,19,22,24,26,30,39,41H,1-2,9,11,14-18H2,3-6H3,(H,37,42)(H2,33,35,36). The lowest BCUT2D eigenvalue weighted by Crippen LogP contribution is -2.44. The van der Waals surface area contributed by atoms with Crippen molar-refractivity contribution in [3.63, 3.8) is 0 Å². The van der Waals surface area contributed by atoms with E-state index >= 15 is 0 Å². The van der Waals surface area contributed by atoms with Crippen molar-refractivity contribution in [2.24, 2.45) is 0 Å². The van der Waals surface area contributed by atoms with Crippen LogP contribution in [0.15, 0.2) is 49.8 Å². The number of nitrogens with zero attached hydrogens (tertiary/aromatic N) is 4. The Kier molecular flexibility index (Phi) is 12.9. The van der Waals surface area contributed by atoms with E-state index in [1.54, 1.807) is 31.2 Å². The minimum Gasteiger partial charge on any atom is -0.476 e. The number of anilines is 1. The Morgan fingerprint density at radius 2 is 2.02 bits per heavy atom. The van der Waals surface area contributed by atoms with E-state index in [-0.39, 0.29) is 42.0 Å². The molecule has 3 heterocycles. The molecule has 0 amide bonds. The SMILES string of the molecule is C=CCCOc1nc(N)nc2c1ncn2C1OC(COP(=O)(NC(C)C(=O)OCCCOCC=C)Oc2cccc(C)c2C)C(O)C1(C)O. The monoisotopic (exact) mass is 704 g/mol. The van der Waals surface area contributed by atoms with Crippen molar-refractivity contribution in [2.45, 2.75) is 70.6 Å². The molecule has 1 aliphatic rings. The number of nitrogens with one attached hydrogen (secondary N) is 1. The summed E-state index contributed by atoms with van der Waals surface area (Å²) in [5, 5.41) is 25.3. The van der Waals surface area contributed by atoms with Gasteiger partial charge in [0, 0.05) is 6.42 Å². The van der Waals surface area contributed by atoms with Crippen LogP contribution in [0.2, 0.25) is 0 Å². The van der Waals surface area contributed by atoms with Crippen molar-refractivity contribution < 1.29 is 47.6 Å². The number of esters is 1. The molecule has 2 aromatic heterocycles. The first kappa shape index (κ1) is 37.9. The Morgan fingerprint density at radius 3 is 2.76 bits per heavy atom. The molecule has 1 saturated heterocycles. The number of imidazole rings is 1. The van der Waals surface area contributed by atoms with E-state index in [0.717, 1.165) is 5.56 Å². The maximum Gasteiger partial charge on any atom is 0.459 e. The molecule has 0 aliphatic carbocycles. The first-order valence-corrected chi connectivity index (χ1v) is 17.3. The maximum absolute atomic E-state index is 14.2. The molecule has 1 aliphatic heterocycles. The van der Waals surface area contributed by atoms with Crippen LogP contribution in [0.5, 0.6) is 11.6 Å². The molecule has 1 aromatic carbocycles. The summed E-state index contributed by atoms with van der Waals surface area (Å²) in [5.74, 6) is -0.421. The number of aliphatic hydroxyl groups is 2. The lowest BCUT2D eigenvalue weighted by molar-refractivity contribution is -0.145. The molecule has 16 nitrogen and oxygen atoms in total. The molecular formula is C32H45N6O10P. The fourth-order valence-electron chi connectivity index (χ4n) is 4.93. The summed E-state index contributed by atoms with van der Waals surface area (Å²) in [4.78, 5) is 25.5. The summed E-state index contributed by atoms with van der Waals surface area (Å²) in [6.07, 6.45) is 1.64. The van der Waals surface area contributed by atoms with Gasteiger partial charge < -0.3 is 39.4 Å². The predicted molar refractivity (Wildman–Crippen MR) is 180 cm³/mol. The van der Waals surface area contributed by atoms with Gasteiger partial charge in [0.15, 0.2) is 17.4 Å². The summed E-state index contributed by atoms with van der Waals surface area (Å²) in [6.45, 7) is 14.3. The highest BCUT2D eigenvalue weighted by atomic mass is 31.2. The molecule has 3 aromatic rings. The molecule has 4 rings (SSSR count). The number of benzene rings is 1. The topological polar surface area (TPSA) is 212 Å². The summed E-state index contributed by atoms with van der Waals surface area (Å²) in [6, 6.07) is 4.07. The van der Waals surface area contributed by atoms with Crippen LogP contribution in [0.3, 0.4) is 0 Å². The Bertz CT molecular complexity index is 1670. The fraction of sp³-hybridized carbons (Fsp3) is 0.500. The lowest BCUT2D eigenvalue weighted by Gasteiger charge is -2.27. The van der Waals surface area contributed by atoms with Gasteiger partial charge in [-0.25, -0.2) is 9.55 Å². The first-order chi connectivity index (χ1) is 23.3. The number of carbonyl (C=O) groups excluding carboxylic acids is 1. The smallest absolute Gasteiger partial charge is 0.459 e. The quantitative estimate of drug-likeness (QED) is 0.0610. The van der Waals surface area contributed by atoms with Crippen molar-refractivity contribution in [3.8, 4) is 11.6 Å². The number of aryl methyl sites for hydroxylation is 1. The van der Waals surface area contributed by atoms with Gasteiger partial charge in [0.1, 0.15) is 29.6 Å². The fourth-order valence-corrected chi connectivity index (χ4v) is 6.48. The van der Waals surface area contributed by atoms with Crippen LogP contribution in [-0.4, -0.2) is 92.6 Å². The van der Waals surface area contributed by atoms with Gasteiger partial charge in [0.05, 0.1) is 39.4 Å². The van der Waals surface area contributed by atoms with Gasteiger partial charge in [0.2, 0.25) is 11.8 Å². The van der Waals surface area contributed by atoms with Crippen LogP contribution in [0, 0.1) is 13.8 Å². The van der Waals surface area contributed by atoms with E-state index in [4.69, 9.17) is 33.7 Å². The Morgan fingerprint density at radius 1 is 1.24 bits per heavy atom. The summed E-state index contributed by atoms with van der Waals surface area (Å²) in [7, 11) is -4.36. The first-order valence-electron chi connectivity index (χ1n) is 15.7. The minimum absolute atomic E-state index is 0.0749. The van der Waals surface area contributed by atoms with Crippen LogP contribution in [-0.2, 0) is 28.1 Å². The number of hydrogen-bond donors (Lipinski definition) is 4. The van der Waals surface area contributed by atoms with Crippen LogP contribution in [0.1, 0.15) is 44.0 Å². The molecule has 17 heteroatoms. The highest BCUT2D eigenvalue weighted by Crippen LogP contribution is 2.48. The van der Waals surface area contributed by atoms with Crippen molar-refractivity contribution in [1.82, 2.24) is 24.6 Å². The molecule has 5 N–H and O–H groups in total. The predicted octanol–water partition coefficient (Wildman–Crippen LogP) is 3.31. The van der Waals surface area contributed by atoms with E-state index in [1.165, 1.54) is 24.7 Å². The van der Waals surface area contributed by atoms with E-state index in [9.17, 15) is 19.6 Å². The van der Waals surface area contributed by atoms with E-state index in [0.29, 0.717) is 31.6 Å². The normalized spacial score (nSPS) is 22.4. The Balaban J connectivity index is 1.52. The number of carbonyl (C=O) groups is 1. The molecule has 6 unspecified atom stereocenters. The molecule has 6 atom stereocenters. The second-order valence-corrected chi connectivity index (χ2v) is 13.3. The number of aliphatic hydroxyl groups excluding tert-OH is 1. The molecule has 49 heavy (non-hydrogen) atoms. The van der Waals surface area contributed by atoms with Gasteiger partial charge in [-0.1, -0.05) is 24.3 Å². The van der Waals surface area contributed by atoms with Crippen LogP contribution in [0.4, 0.5) is 5.95 Å². The zero-order valence-electron chi connectivity index (χ0n) is 28.1. The lowest BCUT2D eigenvalue weighted by atomic mass is 9.96. The number of aromatic nitrogens is 4. The average molecular weight is 705 g/mol. The van der Waals surface area contributed by atoms with Crippen molar-refractivity contribution in [3.05, 3.63) is 61.0 Å². The van der Waals surface area contributed by atoms with E-state index < -0.39 is 50.4 Å². The van der Waals surface area contributed by atoms with Gasteiger partial charge in [-0.05, 0) is 51.3 Å². The maximum atomic E-state index is 14.2. The van der Waals surface area contributed by atoms with Crippen LogP contribution in [0.25, 0.3) is 11.2 Å². The third-order valence-electron chi connectivity index (χ3n) is 7.78. The number of ether oxygens (including phenoxy) is 4. The number of nitrogens with two attached hydrogens (primary N) is 1. The molecule has 0 saturated carbocycles. The average Bonchev–Trinajstić information content (AvgIpc) is 3.57. The van der Waals surface area contributed by atoms with Gasteiger partial charge in [0.25, 0.3) is 0 Å². The largest absolute Gasteiger partial charge is 0.476 e. The van der Waals surface area contributed by atoms with Crippen LogP contribution < -0.4 is 20.1 Å². The zero-order chi connectivity index (χ0) is 35.8. The molecule has 1 fully saturated rings. The van der Waals surface area contributed by atoms with E-state index in [1.807, 2.05) is 13.0 Å². The van der Waals surface area contributed by atoms with Crippen molar-refractivity contribution >= 4 is 30.8 Å². The van der Waals surface area contributed by atoms with Gasteiger partial charge in [-0.3, -0.25) is 13.9 Å². The van der Waals surface area contributed by atoms with Crippen molar-refractivity contribution in [2.75, 3.05) is 38.8 Å². The van der Waals surface area contributed by atoms with Crippen molar-refractivity contribution in [1.29, 1.82) is 0 Å². The second-order valence-electron chi connectivity index (χ2n) is 11.7. The Hall–Kier alpha value is -3.89. The molecule has 0 radical (unpaired) electrons. The second kappa shape index (κ2) is 16.7. The number of rotatable bonds is 19. The Labute approximate surface area is 284 Å². The summed E-state index contributed by atoms with van der Waals surface area (Å²) < 4.78 is 49.7. The van der Waals surface area contributed by atoms with Gasteiger partial charge >= 0.3 is 13.7 Å². The number of nitrogen functional groups attached to an aromatic ring is 1. The highest BCUT2D eigenvalue weighted by Gasteiger charge is 2.54. The molecule has 0 bridgehead atoms. The third-order valence-corrected chi connectivity index (χ3v) is 9.40. The molecule has 268 valence electrons. The van der Waals surface area contributed by atoms with E-state index in [2.05, 4.69) is 33.2 Å². The third kappa shape index (κ3) is 9.22. The zero-order valence-corrected chi connectivity index (χ0v) is 29.0. The molecule has 0 spiro atoms. The highest BCUT2D eigenvalue weighted by molar-refractivity contribution is 7.52.